The molecule has 0 bridgehead atoms. The third-order valence-electron chi connectivity index (χ3n) is 3.47. The number of halogens is 1. The van der Waals surface area contributed by atoms with Gasteiger partial charge in [0, 0.05) is 22.3 Å². The molecular formula is C19H16ClN3O2. The summed E-state index contributed by atoms with van der Waals surface area (Å²) in [6, 6.07) is 17.8. The van der Waals surface area contributed by atoms with Gasteiger partial charge in [0.2, 0.25) is 0 Å². The van der Waals surface area contributed by atoms with Gasteiger partial charge in [-0.3, -0.25) is 4.79 Å². The van der Waals surface area contributed by atoms with Crippen LogP contribution in [0.15, 0.2) is 66.9 Å². The number of aromatic nitrogens is 1. The molecule has 0 unspecified atom stereocenters. The van der Waals surface area contributed by atoms with Gasteiger partial charge in [-0.2, -0.15) is 0 Å². The van der Waals surface area contributed by atoms with E-state index in [1.165, 1.54) is 0 Å². The molecule has 0 atom stereocenters. The predicted molar refractivity (Wildman–Crippen MR) is 99.9 cm³/mol. The Balaban J connectivity index is 1.65. The van der Waals surface area contributed by atoms with Crippen molar-refractivity contribution in [2.75, 3.05) is 17.7 Å². The monoisotopic (exact) mass is 353 g/mol. The van der Waals surface area contributed by atoms with Gasteiger partial charge in [0.15, 0.2) is 0 Å². The second-order valence-electron chi connectivity index (χ2n) is 5.25. The zero-order valence-corrected chi connectivity index (χ0v) is 14.2. The Kier molecular flexibility index (Phi) is 5.16. The van der Waals surface area contributed by atoms with Gasteiger partial charge in [0.05, 0.1) is 19.0 Å². The van der Waals surface area contributed by atoms with Crippen molar-refractivity contribution in [3.8, 4) is 5.75 Å². The van der Waals surface area contributed by atoms with Crippen LogP contribution in [0, 0.1) is 0 Å². The van der Waals surface area contributed by atoms with Crippen LogP contribution < -0.4 is 15.4 Å². The lowest BCUT2D eigenvalue weighted by atomic mass is 10.2. The van der Waals surface area contributed by atoms with Crippen LogP contribution in [0.25, 0.3) is 0 Å². The molecule has 126 valence electrons. The first-order valence-electron chi connectivity index (χ1n) is 7.58. The highest BCUT2D eigenvalue weighted by molar-refractivity contribution is 6.30. The number of nitrogens with zero attached hydrogens (tertiary/aromatic N) is 1. The molecule has 1 amide bonds. The van der Waals surface area contributed by atoms with Crippen molar-refractivity contribution in [2.24, 2.45) is 0 Å². The van der Waals surface area contributed by atoms with E-state index in [2.05, 4.69) is 15.6 Å². The van der Waals surface area contributed by atoms with Gasteiger partial charge < -0.3 is 15.4 Å². The smallest absolute Gasteiger partial charge is 0.255 e. The normalized spacial score (nSPS) is 10.2. The van der Waals surface area contributed by atoms with Crippen LogP contribution >= 0.6 is 11.6 Å². The van der Waals surface area contributed by atoms with Gasteiger partial charge in [0.1, 0.15) is 11.6 Å². The van der Waals surface area contributed by atoms with Crippen LogP contribution in [-0.4, -0.2) is 18.0 Å². The summed E-state index contributed by atoms with van der Waals surface area (Å²) in [6.45, 7) is 0. The summed E-state index contributed by atoms with van der Waals surface area (Å²) in [5.74, 6) is 1.21. The van der Waals surface area contributed by atoms with Crippen molar-refractivity contribution in [2.45, 2.75) is 0 Å². The molecule has 1 aromatic heterocycles. The minimum Gasteiger partial charge on any atom is -0.497 e. The van der Waals surface area contributed by atoms with Gasteiger partial charge in [0.25, 0.3) is 5.91 Å². The highest BCUT2D eigenvalue weighted by atomic mass is 35.5. The topological polar surface area (TPSA) is 63.2 Å². The standard InChI is InChI=1S/C19H16ClN3O2/c1-25-17-4-2-3-15(11-17)22-18-10-9-16(12-21-18)23-19(24)13-5-7-14(20)8-6-13/h2-12H,1H3,(H,21,22)(H,23,24). The number of carbonyl (C=O) groups excluding carboxylic acids is 1. The van der Waals surface area contributed by atoms with Crippen LogP contribution in [0.5, 0.6) is 5.75 Å². The molecule has 0 aliphatic carbocycles. The van der Waals surface area contributed by atoms with E-state index in [1.807, 2.05) is 24.3 Å². The largest absolute Gasteiger partial charge is 0.497 e. The second-order valence-corrected chi connectivity index (χ2v) is 5.69. The lowest BCUT2D eigenvalue weighted by molar-refractivity contribution is 0.102. The molecule has 0 spiro atoms. The van der Waals surface area contributed by atoms with Gasteiger partial charge in [-0.05, 0) is 48.5 Å². The van der Waals surface area contributed by atoms with Crippen LogP contribution in [0.1, 0.15) is 10.4 Å². The quantitative estimate of drug-likeness (QED) is 0.695. The molecule has 3 aromatic rings. The number of rotatable bonds is 5. The number of methoxy groups -OCH3 is 1. The van der Waals surface area contributed by atoms with E-state index in [0.29, 0.717) is 22.1 Å². The molecule has 25 heavy (non-hydrogen) atoms. The third-order valence-corrected chi connectivity index (χ3v) is 3.72. The molecule has 0 aliphatic rings. The number of hydrogen-bond donors (Lipinski definition) is 2. The zero-order valence-electron chi connectivity index (χ0n) is 13.5. The van der Waals surface area contributed by atoms with Crippen LogP contribution in [0.2, 0.25) is 5.02 Å². The molecule has 0 aliphatic heterocycles. The van der Waals surface area contributed by atoms with Crippen molar-refractivity contribution in [3.05, 3.63) is 77.4 Å². The maximum Gasteiger partial charge on any atom is 0.255 e. The Morgan fingerprint density at radius 1 is 1.04 bits per heavy atom. The number of nitrogens with one attached hydrogen (secondary N) is 2. The van der Waals surface area contributed by atoms with Gasteiger partial charge >= 0.3 is 0 Å². The Bertz CT molecular complexity index is 865. The van der Waals surface area contributed by atoms with Crippen molar-refractivity contribution >= 4 is 34.7 Å². The lowest BCUT2D eigenvalue weighted by Gasteiger charge is -2.09. The van der Waals surface area contributed by atoms with Crippen LogP contribution in [0.4, 0.5) is 17.2 Å². The van der Waals surface area contributed by atoms with E-state index in [9.17, 15) is 4.79 Å². The zero-order chi connectivity index (χ0) is 17.6. The Labute approximate surface area is 150 Å². The summed E-state index contributed by atoms with van der Waals surface area (Å²) in [7, 11) is 1.62. The van der Waals surface area contributed by atoms with Crippen molar-refractivity contribution in [3.63, 3.8) is 0 Å². The minimum atomic E-state index is -0.216. The molecule has 6 heteroatoms. The summed E-state index contributed by atoms with van der Waals surface area (Å²) in [6.07, 6.45) is 1.59. The molecule has 1 heterocycles. The van der Waals surface area contributed by atoms with Gasteiger partial charge in [-0.15, -0.1) is 0 Å². The molecule has 3 rings (SSSR count). The van der Waals surface area contributed by atoms with E-state index in [4.69, 9.17) is 16.3 Å². The Morgan fingerprint density at radius 3 is 2.52 bits per heavy atom. The SMILES string of the molecule is COc1cccc(Nc2ccc(NC(=O)c3ccc(Cl)cc3)cn2)c1. The summed E-state index contributed by atoms with van der Waals surface area (Å²) < 4.78 is 5.19. The molecule has 2 aromatic carbocycles. The molecule has 0 saturated carbocycles. The van der Waals surface area contributed by atoms with E-state index in [1.54, 1.807) is 49.7 Å². The third kappa shape index (κ3) is 4.49. The number of amides is 1. The molecule has 0 saturated heterocycles. The Hall–Kier alpha value is -3.05. The molecule has 5 nitrogen and oxygen atoms in total. The van der Waals surface area contributed by atoms with E-state index in [0.717, 1.165) is 11.4 Å². The summed E-state index contributed by atoms with van der Waals surface area (Å²) in [5, 5.41) is 6.56. The van der Waals surface area contributed by atoms with E-state index in [-0.39, 0.29) is 5.91 Å². The fourth-order valence-corrected chi connectivity index (χ4v) is 2.32. The average molecular weight is 354 g/mol. The van der Waals surface area contributed by atoms with Gasteiger partial charge in [-0.1, -0.05) is 17.7 Å². The fourth-order valence-electron chi connectivity index (χ4n) is 2.19. The number of pyridine rings is 1. The number of carbonyl (C=O) groups is 1. The van der Waals surface area contributed by atoms with Crippen molar-refractivity contribution < 1.29 is 9.53 Å². The predicted octanol–water partition coefficient (Wildman–Crippen LogP) is 4.74. The maximum absolute atomic E-state index is 12.2. The fraction of sp³-hybridized carbons (Fsp3) is 0.0526. The average Bonchev–Trinajstić information content (AvgIpc) is 2.64. The van der Waals surface area contributed by atoms with Gasteiger partial charge in [-0.25, -0.2) is 4.98 Å². The van der Waals surface area contributed by atoms with Crippen molar-refractivity contribution in [1.82, 2.24) is 4.98 Å². The summed E-state index contributed by atoms with van der Waals surface area (Å²) in [4.78, 5) is 16.5. The minimum absolute atomic E-state index is 0.216. The first-order valence-corrected chi connectivity index (χ1v) is 7.96. The lowest BCUT2D eigenvalue weighted by Crippen LogP contribution is -2.11. The number of anilines is 3. The summed E-state index contributed by atoms with van der Waals surface area (Å²) >= 11 is 5.82. The van der Waals surface area contributed by atoms with E-state index < -0.39 is 0 Å². The van der Waals surface area contributed by atoms with Crippen molar-refractivity contribution in [1.29, 1.82) is 0 Å². The van der Waals surface area contributed by atoms with Crippen LogP contribution in [0.3, 0.4) is 0 Å². The second kappa shape index (κ2) is 7.68. The first-order chi connectivity index (χ1) is 12.1. The highest BCUT2D eigenvalue weighted by Crippen LogP contribution is 2.21. The Morgan fingerprint density at radius 2 is 1.84 bits per heavy atom. The number of ether oxygens (including phenoxy) is 1. The summed E-state index contributed by atoms with van der Waals surface area (Å²) in [5.41, 5.74) is 2.00. The molecule has 0 fully saturated rings. The molecular weight excluding hydrogens is 338 g/mol. The number of benzene rings is 2. The number of hydrogen-bond acceptors (Lipinski definition) is 4. The van der Waals surface area contributed by atoms with Crippen LogP contribution in [-0.2, 0) is 0 Å². The maximum atomic E-state index is 12.2. The molecule has 0 radical (unpaired) electrons. The van der Waals surface area contributed by atoms with E-state index >= 15 is 0 Å². The highest BCUT2D eigenvalue weighted by Gasteiger charge is 2.06. The molecule has 2 N–H and O–H groups in total. The first kappa shape index (κ1) is 16.8.